The molecule has 0 saturated heterocycles. The normalized spacial score (nSPS) is 12.3. The van der Waals surface area contributed by atoms with E-state index in [2.05, 4.69) is 19.9 Å². The van der Waals surface area contributed by atoms with Crippen molar-refractivity contribution in [3.05, 3.63) is 70.6 Å². The van der Waals surface area contributed by atoms with Crippen LogP contribution in [-0.4, -0.2) is 19.9 Å². The van der Waals surface area contributed by atoms with E-state index in [4.69, 9.17) is 11.6 Å². The van der Waals surface area contributed by atoms with Crippen molar-refractivity contribution in [1.82, 2.24) is 19.9 Å². The van der Waals surface area contributed by atoms with Gasteiger partial charge in [0.1, 0.15) is 23.5 Å². The third kappa shape index (κ3) is 2.26. The minimum atomic E-state index is -0.361. The van der Waals surface area contributed by atoms with Gasteiger partial charge >= 0.3 is 0 Å². The largest absolute Gasteiger partial charge is 0.239 e. The van der Waals surface area contributed by atoms with E-state index < -0.39 is 0 Å². The maximum atomic E-state index is 13.8. The Kier molecular flexibility index (Phi) is 3.24. The van der Waals surface area contributed by atoms with Gasteiger partial charge in [0.15, 0.2) is 10.8 Å². The van der Waals surface area contributed by atoms with E-state index in [-0.39, 0.29) is 16.8 Å². The van der Waals surface area contributed by atoms with E-state index in [0.717, 1.165) is 11.1 Å². The first kappa shape index (κ1) is 15.3. The molecular formula is C19H9ClF2N4. The van der Waals surface area contributed by atoms with Crippen LogP contribution in [0.25, 0.3) is 33.7 Å². The Labute approximate surface area is 151 Å². The van der Waals surface area contributed by atoms with E-state index >= 15 is 0 Å². The lowest BCUT2D eigenvalue weighted by molar-refractivity contribution is 0.624. The molecule has 1 aliphatic carbocycles. The summed E-state index contributed by atoms with van der Waals surface area (Å²) in [5.41, 5.74) is 4.72. The molecule has 0 spiro atoms. The monoisotopic (exact) mass is 366 g/mol. The van der Waals surface area contributed by atoms with Crippen LogP contribution in [-0.2, 0) is 6.42 Å². The molecule has 0 aliphatic heterocycles. The van der Waals surface area contributed by atoms with Gasteiger partial charge in [0, 0.05) is 11.1 Å². The molecule has 2 aromatic carbocycles. The highest BCUT2D eigenvalue weighted by Crippen LogP contribution is 2.40. The minimum absolute atomic E-state index is 0.192. The van der Waals surface area contributed by atoms with Gasteiger partial charge in [0.25, 0.3) is 0 Å². The Hall–Kier alpha value is -2.99. The van der Waals surface area contributed by atoms with Crippen molar-refractivity contribution in [2.75, 3.05) is 0 Å². The summed E-state index contributed by atoms with van der Waals surface area (Å²) in [4.78, 5) is 17.3. The number of aromatic nitrogens is 4. The molecule has 5 rings (SSSR count). The summed E-state index contributed by atoms with van der Waals surface area (Å²) in [5, 5.41) is 0.192. The molecule has 0 unspecified atom stereocenters. The molecule has 1 aliphatic rings. The Balaban J connectivity index is 1.94. The van der Waals surface area contributed by atoms with Gasteiger partial charge in [-0.05, 0) is 53.9 Å². The third-order valence-corrected chi connectivity index (χ3v) is 4.73. The van der Waals surface area contributed by atoms with Crippen LogP contribution in [0.4, 0.5) is 8.78 Å². The first-order valence-corrected chi connectivity index (χ1v) is 8.24. The highest BCUT2D eigenvalue weighted by atomic mass is 35.5. The highest BCUT2D eigenvalue weighted by molar-refractivity contribution is 6.33. The van der Waals surface area contributed by atoms with Crippen molar-refractivity contribution < 1.29 is 8.78 Å². The fraction of sp³-hybridized carbons (Fsp3) is 0.0526. The maximum absolute atomic E-state index is 13.8. The second-order valence-corrected chi connectivity index (χ2v) is 6.40. The van der Waals surface area contributed by atoms with E-state index in [1.165, 1.54) is 30.6 Å². The lowest BCUT2D eigenvalue weighted by atomic mass is 9.99. The number of benzene rings is 2. The van der Waals surface area contributed by atoms with E-state index in [1.54, 1.807) is 12.1 Å². The Morgan fingerprint density at radius 3 is 2.08 bits per heavy atom. The molecule has 0 N–H and O–H groups in total. The van der Waals surface area contributed by atoms with Gasteiger partial charge in [-0.3, -0.25) is 0 Å². The number of hydrogen-bond acceptors (Lipinski definition) is 4. The van der Waals surface area contributed by atoms with Gasteiger partial charge in [-0.25, -0.2) is 28.7 Å². The fourth-order valence-electron chi connectivity index (χ4n) is 3.31. The summed E-state index contributed by atoms with van der Waals surface area (Å²) in [6.45, 7) is 0. The smallest absolute Gasteiger partial charge is 0.183 e. The maximum Gasteiger partial charge on any atom is 0.183 e. The molecule has 26 heavy (non-hydrogen) atoms. The number of halogens is 3. The molecule has 0 bridgehead atoms. The molecular weight excluding hydrogens is 358 g/mol. The average Bonchev–Trinajstić information content (AvgIpc) is 2.74. The van der Waals surface area contributed by atoms with Crippen molar-refractivity contribution in [3.63, 3.8) is 0 Å². The zero-order valence-corrected chi connectivity index (χ0v) is 13.9. The third-order valence-electron chi connectivity index (χ3n) is 4.45. The number of hydrogen-bond donors (Lipinski definition) is 0. The van der Waals surface area contributed by atoms with Gasteiger partial charge in [0.05, 0.1) is 11.4 Å². The molecule has 4 nitrogen and oxygen atoms in total. The predicted octanol–water partition coefficient (Wildman–Crippen LogP) is 4.59. The first-order chi connectivity index (χ1) is 12.6. The van der Waals surface area contributed by atoms with Gasteiger partial charge in [-0.2, -0.15) is 0 Å². The van der Waals surface area contributed by atoms with Gasteiger partial charge < -0.3 is 0 Å². The van der Waals surface area contributed by atoms with Crippen molar-refractivity contribution in [1.29, 1.82) is 0 Å². The molecule has 0 saturated carbocycles. The van der Waals surface area contributed by atoms with E-state index in [1.807, 2.05) is 0 Å². The lowest BCUT2D eigenvalue weighted by Crippen LogP contribution is -1.98. The summed E-state index contributed by atoms with van der Waals surface area (Å²) in [5.74, 6) is -0.718. The fourth-order valence-corrected chi connectivity index (χ4v) is 3.48. The van der Waals surface area contributed by atoms with Crippen molar-refractivity contribution >= 4 is 22.8 Å². The molecule has 2 heterocycles. The molecule has 126 valence electrons. The molecule has 0 atom stereocenters. The molecule has 0 amide bonds. The van der Waals surface area contributed by atoms with Gasteiger partial charge in [-0.15, -0.1) is 0 Å². The molecule has 7 heteroatoms. The van der Waals surface area contributed by atoms with Crippen molar-refractivity contribution in [3.8, 4) is 22.5 Å². The molecule has 0 fully saturated rings. The summed E-state index contributed by atoms with van der Waals surface area (Å²) in [6.07, 6.45) is 1.69. The molecule has 4 aromatic rings. The van der Waals surface area contributed by atoms with Crippen LogP contribution in [0.5, 0.6) is 0 Å². The van der Waals surface area contributed by atoms with Crippen molar-refractivity contribution in [2.24, 2.45) is 0 Å². The number of rotatable bonds is 0. The Bertz CT molecular complexity index is 1210. The lowest BCUT2D eigenvalue weighted by Gasteiger charge is -2.10. The van der Waals surface area contributed by atoms with Crippen LogP contribution in [0, 0.1) is 11.6 Å². The highest BCUT2D eigenvalue weighted by Gasteiger charge is 2.24. The summed E-state index contributed by atoms with van der Waals surface area (Å²) in [7, 11) is 0. The number of fused-ring (bicyclic) bond motifs is 6. The summed E-state index contributed by atoms with van der Waals surface area (Å²) in [6, 6.07) is 8.94. The zero-order chi connectivity index (χ0) is 17.8. The Morgan fingerprint density at radius 2 is 1.42 bits per heavy atom. The average molecular weight is 367 g/mol. The van der Waals surface area contributed by atoms with Crippen LogP contribution in [0.2, 0.25) is 5.15 Å². The van der Waals surface area contributed by atoms with Crippen LogP contribution >= 0.6 is 11.6 Å². The molecule has 2 aromatic heterocycles. The van der Waals surface area contributed by atoms with Crippen LogP contribution in [0.15, 0.2) is 42.7 Å². The van der Waals surface area contributed by atoms with Crippen LogP contribution in [0.3, 0.4) is 0 Å². The summed E-state index contributed by atoms with van der Waals surface area (Å²) >= 11 is 6.15. The quantitative estimate of drug-likeness (QED) is 0.376. The standard InChI is InChI=1S/C19H9ClF2N4/c20-18-17-19(24-8-23-18)26-16-14-4-2-12(22)7-10(14)5-9-6-11(21)1-3-13(9)15(16)25-17/h1-4,6-8H,5H2. The van der Waals surface area contributed by atoms with Crippen LogP contribution < -0.4 is 0 Å². The molecule has 0 radical (unpaired) electrons. The Morgan fingerprint density at radius 1 is 0.808 bits per heavy atom. The predicted molar refractivity (Wildman–Crippen MR) is 93.7 cm³/mol. The van der Waals surface area contributed by atoms with Gasteiger partial charge in [-0.1, -0.05) is 11.6 Å². The second-order valence-electron chi connectivity index (χ2n) is 6.04. The zero-order valence-electron chi connectivity index (χ0n) is 13.2. The summed E-state index contributed by atoms with van der Waals surface area (Å²) < 4.78 is 27.6. The van der Waals surface area contributed by atoms with Crippen molar-refractivity contribution in [2.45, 2.75) is 6.42 Å². The number of nitrogens with zero attached hydrogens (tertiary/aromatic N) is 4. The van der Waals surface area contributed by atoms with Gasteiger partial charge in [0.2, 0.25) is 0 Å². The van der Waals surface area contributed by atoms with E-state index in [9.17, 15) is 8.78 Å². The topological polar surface area (TPSA) is 51.6 Å². The van der Waals surface area contributed by atoms with Crippen LogP contribution in [0.1, 0.15) is 11.1 Å². The van der Waals surface area contributed by atoms with E-state index in [0.29, 0.717) is 40.1 Å². The first-order valence-electron chi connectivity index (χ1n) is 7.86. The minimum Gasteiger partial charge on any atom is -0.239 e. The SMILES string of the molecule is Fc1ccc2c(c1)Cc1cc(F)ccc1-c1nc3c(Cl)ncnc3nc1-2. The second kappa shape index (κ2) is 5.51.